The molecule has 0 unspecified atom stereocenters. The summed E-state index contributed by atoms with van der Waals surface area (Å²) in [6.45, 7) is 1.84. The minimum Gasteiger partial charge on any atom is -0.460 e. The first-order valence-corrected chi connectivity index (χ1v) is 10.9. The van der Waals surface area contributed by atoms with Crippen LogP contribution in [0.4, 0.5) is 0 Å². The Morgan fingerprint density at radius 2 is 1.70 bits per heavy atom. The van der Waals surface area contributed by atoms with Gasteiger partial charge in [-0.3, -0.25) is 4.98 Å². The Labute approximate surface area is 173 Å². The van der Waals surface area contributed by atoms with Crippen LogP contribution < -0.4 is 0 Å². The molecule has 4 aromatic rings. The van der Waals surface area contributed by atoms with E-state index in [1.807, 2.05) is 37.3 Å². The van der Waals surface area contributed by atoms with E-state index < -0.39 is 16.1 Å². The van der Waals surface area contributed by atoms with Crippen molar-refractivity contribution < 1.29 is 12.8 Å². The molecule has 1 aliphatic rings. The monoisotopic (exact) mass is 418 g/mol. The largest absolute Gasteiger partial charge is 0.460 e. The fraction of sp³-hybridized carbons (Fsp3) is 0.136. The Morgan fingerprint density at radius 1 is 0.967 bits per heavy atom. The molecule has 0 N–H and O–H groups in total. The molecule has 0 amide bonds. The molecule has 150 valence electrons. The minimum atomic E-state index is -3.89. The minimum absolute atomic E-state index is 0.171. The summed E-state index contributed by atoms with van der Waals surface area (Å²) in [5.74, 6) is 1.29. The van der Waals surface area contributed by atoms with Crippen molar-refractivity contribution in [3.63, 3.8) is 0 Å². The summed E-state index contributed by atoms with van der Waals surface area (Å²) in [7, 11) is -3.89. The van der Waals surface area contributed by atoms with E-state index in [-0.39, 0.29) is 4.90 Å². The van der Waals surface area contributed by atoms with Crippen molar-refractivity contribution >= 4 is 26.8 Å². The average molecular weight is 418 g/mol. The van der Waals surface area contributed by atoms with Gasteiger partial charge in [0.15, 0.2) is 0 Å². The first-order chi connectivity index (χ1) is 14.5. The van der Waals surface area contributed by atoms with Crippen LogP contribution in [-0.4, -0.2) is 28.5 Å². The molecular formula is C22H18N4O3S. The second kappa shape index (κ2) is 7.07. The summed E-state index contributed by atoms with van der Waals surface area (Å²) in [6.07, 6.45) is 1.96. The van der Waals surface area contributed by atoms with Gasteiger partial charge in [-0.1, -0.05) is 30.3 Å². The lowest BCUT2D eigenvalue weighted by Crippen LogP contribution is -2.28. The van der Waals surface area contributed by atoms with Gasteiger partial charge >= 0.3 is 0 Å². The maximum Gasteiger partial charge on any atom is 0.279 e. The number of hydrogen-bond acceptors (Lipinski definition) is 6. The van der Waals surface area contributed by atoms with Gasteiger partial charge in [-0.15, -0.1) is 0 Å². The van der Waals surface area contributed by atoms with Crippen molar-refractivity contribution in [3.8, 4) is 0 Å². The predicted molar refractivity (Wildman–Crippen MR) is 112 cm³/mol. The topological polar surface area (TPSA) is 88.7 Å². The van der Waals surface area contributed by atoms with Crippen LogP contribution >= 0.6 is 0 Å². The van der Waals surface area contributed by atoms with Crippen molar-refractivity contribution in [1.82, 2.24) is 14.4 Å². The molecule has 5 rings (SSSR count). The van der Waals surface area contributed by atoms with Crippen molar-refractivity contribution in [2.75, 3.05) is 0 Å². The fourth-order valence-electron chi connectivity index (χ4n) is 3.50. The molecular weight excluding hydrogens is 400 g/mol. The number of rotatable bonds is 4. The van der Waals surface area contributed by atoms with Gasteiger partial charge < -0.3 is 4.42 Å². The zero-order chi connectivity index (χ0) is 20.7. The van der Waals surface area contributed by atoms with Crippen LogP contribution in [0.15, 0.2) is 87.3 Å². The fourth-order valence-corrected chi connectivity index (χ4v) is 4.94. The number of benzene rings is 2. The first-order valence-electron chi connectivity index (χ1n) is 9.48. The number of aryl methyl sites for hydroxylation is 1. The van der Waals surface area contributed by atoms with Crippen LogP contribution in [0.25, 0.3) is 11.0 Å². The van der Waals surface area contributed by atoms with Gasteiger partial charge in [0, 0.05) is 6.42 Å². The third-order valence-corrected chi connectivity index (χ3v) is 6.69. The normalized spacial score (nSPS) is 16.8. The van der Waals surface area contributed by atoms with Crippen LogP contribution in [0.3, 0.4) is 0 Å². The Kier molecular flexibility index (Phi) is 4.36. The molecule has 1 aliphatic heterocycles. The molecule has 3 heterocycles. The van der Waals surface area contributed by atoms with Crippen LogP contribution in [0, 0.1) is 6.92 Å². The lowest BCUT2D eigenvalue weighted by Gasteiger charge is -2.22. The third-order valence-electron chi connectivity index (χ3n) is 4.99. The van der Waals surface area contributed by atoms with E-state index in [2.05, 4.69) is 15.1 Å². The Bertz CT molecular complexity index is 1360. The smallest absolute Gasteiger partial charge is 0.279 e. The number of nitrogens with zero attached hydrogens (tertiary/aromatic N) is 4. The highest BCUT2D eigenvalue weighted by molar-refractivity contribution is 7.89. The number of para-hydroxylation sites is 2. The van der Waals surface area contributed by atoms with Crippen molar-refractivity contribution in [2.45, 2.75) is 24.3 Å². The molecule has 0 spiro atoms. The summed E-state index contributed by atoms with van der Waals surface area (Å²) < 4.78 is 33.6. The van der Waals surface area contributed by atoms with E-state index in [0.717, 1.165) is 15.7 Å². The molecule has 30 heavy (non-hydrogen) atoms. The van der Waals surface area contributed by atoms with Crippen LogP contribution in [0.2, 0.25) is 0 Å². The Hall–Kier alpha value is -3.52. The van der Waals surface area contributed by atoms with E-state index in [9.17, 15) is 8.42 Å². The number of fused-ring (bicyclic) bond motifs is 1. The van der Waals surface area contributed by atoms with E-state index in [1.165, 1.54) is 0 Å². The van der Waals surface area contributed by atoms with Gasteiger partial charge in [0.2, 0.25) is 0 Å². The van der Waals surface area contributed by atoms with Gasteiger partial charge in [-0.05, 0) is 43.3 Å². The maximum absolute atomic E-state index is 13.4. The number of aromatic nitrogens is 2. The zero-order valence-corrected chi connectivity index (χ0v) is 17.0. The van der Waals surface area contributed by atoms with Crippen molar-refractivity contribution in [1.29, 1.82) is 0 Å². The second-order valence-corrected chi connectivity index (χ2v) is 8.85. The second-order valence-electron chi connectivity index (χ2n) is 7.05. The summed E-state index contributed by atoms with van der Waals surface area (Å²) >= 11 is 0. The summed E-state index contributed by atoms with van der Waals surface area (Å²) in [5.41, 5.74) is 2.55. The molecule has 0 saturated heterocycles. The molecule has 1 atom stereocenters. The molecule has 8 heteroatoms. The van der Waals surface area contributed by atoms with Gasteiger partial charge in [0.1, 0.15) is 23.3 Å². The standard InChI is InChI=1S/C22H18N4O3S/c1-15-11-12-22(29-15)19-13-21(20-14-23-17-9-5-6-10-18(17)24-20)26(25-19)30(27,28)16-7-3-2-4-8-16/h2-12,14,21H,13H2,1H3/t21-/m1/s1. The molecule has 2 aromatic carbocycles. The highest BCUT2D eigenvalue weighted by Crippen LogP contribution is 2.36. The molecule has 2 aromatic heterocycles. The summed E-state index contributed by atoms with van der Waals surface area (Å²) in [5, 5.41) is 4.46. The number of hydrogen-bond donors (Lipinski definition) is 0. The van der Waals surface area contributed by atoms with E-state index in [4.69, 9.17) is 4.42 Å². The molecule has 0 saturated carbocycles. The summed E-state index contributed by atoms with van der Waals surface area (Å²) in [6, 6.07) is 18.8. The van der Waals surface area contributed by atoms with Gasteiger partial charge in [-0.2, -0.15) is 17.9 Å². The first kappa shape index (κ1) is 18.5. The molecule has 0 aliphatic carbocycles. The quantitative estimate of drug-likeness (QED) is 0.498. The SMILES string of the molecule is Cc1ccc(C2=NN(S(=O)(=O)c3ccccc3)[C@@H](c3cnc4ccccc4n3)C2)o1. The van der Waals surface area contributed by atoms with Gasteiger partial charge in [0.05, 0.1) is 27.8 Å². The van der Waals surface area contributed by atoms with Gasteiger partial charge in [-0.25, -0.2) is 4.98 Å². The van der Waals surface area contributed by atoms with Crippen LogP contribution in [0.5, 0.6) is 0 Å². The Morgan fingerprint density at radius 3 is 2.43 bits per heavy atom. The van der Waals surface area contributed by atoms with E-state index >= 15 is 0 Å². The molecule has 7 nitrogen and oxygen atoms in total. The zero-order valence-electron chi connectivity index (χ0n) is 16.1. The molecule has 0 bridgehead atoms. The average Bonchev–Trinajstić information content (AvgIpc) is 3.41. The third kappa shape index (κ3) is 3.15. The van der Waals surface area contributed by atoms with Gasteiger partial charge in [0.25, 0.3) is 10.0 Å². The van der Waals surface area contributed by atoms with E-state index in [1.54, 1.807) is 42.6 Å². The predicted octanol–water partition coefficient (Wildman–Crippen LogP) is 4.07. The number of sulfonamides is 1. The lowest BCUT2D eigenvalue weighted by atomic mass is 10.1. The molecule has 0 radical (unpaired) electrons. The number of furan rings is 1. The number of hydrazone groups is 1. The Balaban J connectivity index is 1.62. The van der Waals surface area contributed by atoms with Crippen LogP contribution in [-0.2, 0) is 10.0 Å². The van der Waals surface area contributed by atoms with Crippen molar-refractivity contribution in [3.05, 3.63) is 90.1 Å². The molecule has 0 fully saturated rings. The van der Waals surface area contributed by atoms with E-state index in [0.29, 0.717) is 29.1 Å². The summed E-state index contributed by atoms with van der Waals surface area (Å²) in [4.78, 5) is 9.30. The lowest BCUT2D eigenvalue weighted by molar-refractivity contribution is 0.365. The van der Waals surface area contributed by atoms with Crippen LogP contribution in [0.1, 0.15) is 29.7 Å². The van der Waals surface area contributed by atoms with Crippen molar-refractivity contribution in [2.24, 2.45) is 5.10 Å². The highest BCUT2D eigenvalue weighted by atomic mass is 32.2. The highest BCUT2D eigenvalue weighted by Gasteiger charge is 2.39. The maximum atomic E-state index is 13.4.